The monoisotopic (exact) mass is 415 g/mol. The van der Waals surface area contributed by atoms with Crippen molar-refractivity contribution < 1.29 is 0 Å². The fourth-order valence-corrected chi connectivity index (χ4v) is 5.00. The van der Waals surface area contributed by atoms with Gasteiger partial charge in [-0.25, -0.2) is 0 Å². The van der Waals surface area contributed by atoms with Gasteiger partial charge in [0, 0.05) is 15.0 Å². The molecule has 3 heteroatoms. The van der Waals surface area contributed by atoms with Gasteiger partial charge in [0.25, 0.3) is 0 Å². The van der Waals surface area contributed by atoms with Crippen LogP contribution in [0.1, 0.15) is 58.4 Å². The molecule has 1 aliphatic carbocycles. The topological polar surface area (TPSA) is 12.0 Å². The SMILES string of the molecule is Cc1cc(Br)c(NC2CCCC(C(C)(C)C)CC2)c(Br)c1. The highest BCUT2D eigenvalue weighted by molar-refractivity contribution is 9.11. The van der Waals surface area contributed by atoms with E-state index in [1.807, 2.05) is 0 Å². The van der Waals surface area contributed by atoms with Crippen LogP contribution in [0.4, 0.5) is 5.69 Å². The molecule has 2 unspecified atom stereocenters. The van der Waals surface area contributed by atoms with Crippen LogP contribution >= 0.6 is 31.9 Å². The lowest BCUT2D eigenvalue weighted by Gasteiger charge is -2.29. The summed E-state index contributed by atoms with van der Waals surface area (Å²) in [5.74, 6) is 0.856. The fraction of sp³-hybridized carbons (Fsp3) is 0.667. The maximum absolute atomic E-state index is 3.76. The highest BCUT2D eigenvalue weighted by Crippen LogP contribution is 2.39. The van der Waals surface area contributed by atoms with Crippen molar-refractivity contribution in [3.8, 4) is 0 Å². The number of benzene rings is 1. The number of hydrogen-bond acceptors (Lipinski definition) is 1. The number of halogens is 2. The first-order chi connectivity index (χ1) is 9.77. The van der Waals surface area contributed by atoms with Crippen LogP contribution in [0.15, 0.2) is 21.1 Å². The molecule has 1 nitrogen and oxygen atoms in total. The molecular weight excluding hydrogens is 390 g/mol. The summed E-state index contributed by atoms with van der Waals surface area (Å²) in [6.07, 6.45) is 6.59. The first-order valence-electron chi connectivity index (χ1n) is 7.99. The largest absolute Gasteiger partial charge is 0.380 e. The lowest BCUT2D eigenvalue weighted by Crippen LogP contribution is -2.22. The normalized spacial score (nSPS) is 23.7. The molecule has 1 aliphatic rings. The minimum Gasteiger partial charge on any atom is -0.380 e. The van der Waals surface area contributed by atoms with Crippen molar-refractivity contribution in [1.82, 2.24) is 0 Å². The van der Waals surface area contributed by atoms with Crippen molar-refractivity contribution >= 4 is 37.5 Å². The quantitative estimate of drug-likeness (QED) is 0.515. The molecule has 1 aromatic carbocycles. The molecule has 118 valence electrons. The Morgan fingerprint density at radius 1 is 1.00 bits per heavy atom. The summed E-state index contributed by atoms with van der Waals surface area (Å²) in [4.78, 5) is 0. The lowest BCUT2D eigenvalue weighted by atomic mass is 9.76. The fourth-order valence-electron chi connectivity index (χ4n) is 3.35. The van der Waals surface area contributed by atoms with Crippen molar-refractivity contribution in [3.05, 3.63) is 26.6 Å². The maximum atomic E-state index is 3.76. The van der Waals surface area contributed by atoms with Gasteiger partial charge in [0.2, 0.25) is 0 Å². The van der Waals surface area contributed by atoms with Crippen LogP contribution < -0.4 is 5.32 Å². The third-order valence-corrected chi connectivity index (χ3v) is 5.98. The smallest absolute Gasteiger partial charge is 0.0631 e. The molecule has 2 atom stereocenters. The van der Waals surface area contributed by atoms with E-state index >= 15 is 0 Å². The Balaban J connectivity index is 2.05. The summed E-state index contributed by atoms with van der Waals surface area (Å²) in [6.45, 7) is 9.29. The number of hydrogen-bond donors (Lipinski definition) is 1. The maximum Gasteiger partial charge on any atom is 0.0631 e. The second-order valence-corrected chi connectivity index (χ2v) is 9.22. The Kier molecular flexibility index (Phi) is 5.81. The lowest BCUT2D eigenvalue weighted by molar-refractivity contribution is 0.214. The number of rotatable bonds is 2. The van der Waals surface area contributed by atoms with Crippen LogP contribution in [0.25, 0.3) is 0 Å². The van der Waals surface area contributed by atoms with Crippen molar-refractivity contribution in [3.63, 3.8) is 0 Å². The molecule has 0 radical (unpaired) electrons. The van der Waals surface area contributed by atoms with Crippen LogP contribution in [0, 0.1) is 18.3 Å². The standard InChI is InChI=1S/C18H27Br2N/c1-12-10-15(19)17(16(20)11-12)21-14-7-5-6-13(8-9-14)18(2,3)4/h10-11,13-14,21H,5-9H2,1-4H3. The summed E-state index contributed by atoms with van der Waals surface area (Å²) in [5, 5.41) is 3.76. The van der Waals surface area contributed by atoms with Gasteiger partial charge in [-0.2, -0.15) is 0 Å². The van der Waals surface area contributed by atoms with E-state index in [-0.39, 0.29) is 0 Å². The Bertz CT molecular complexity index is 467. The number of aryl methyl sites for hydroxylation is 1. The predicted octanol–water partition coefficient (Wildman–Crippen LogP) is 6.93. The molecule has 1 saturated carbocycles. The summed E-state index contributed by atoms with van der Waals surface area (Å²) in [7, 11) is 0. The van der Waals surface area contributed by atoms with Gasteiger partial charge in [0.1, 0.15) is 0 Å². The van der Waals surface area contributed by atoms with Crippen molar-refractivity contribution in [1.29, 1.82) is 0 Å². The molecule has 0 bridgehead atoms. The van der Waals surface area contributed by atoms with Gasteiger partial charge in [-0.15, -0.1) is 0 Å². The van der Waals surface area contributed by atoms with Gasteiger partial charge in [0.15, 0.2) is 0 Å². The third kappa shape index (κ3) is 4.72. The molecule has 0 heterocycles. The highest BCUT2D eigenvalue weighted by Gasteiger charge is 2.28. The van der Waals surface area contributed by atoms with E-state index in [9.17, 15) is 0 Å². The van der Waals surface area contributed by atoms with Gasteiger partial charge in [0.05, 0.1) is 5.69 Å². The highest BCUT2D eigenvalue weighted by atomic mass is 79.9. The zero-order valence-corrected chi connectivity index (χ0v) is 16.8. The van der Waals surface area contributed by atoms with E-state index in [0.717, 1.165) is 14.9 Å². The Morgan fingerprint density at radius 2 is 1.62 bits per heavy atom. The molecular formula is C18H27Br2N. The van der Waals surface area contributed by atoms with E-state index in [2.05, 4.69) is 77.0 Å². The van der Waals surface area contributed by atoms with Crippen LogP contribution in [-0.4, -0.2) is 6.04 Å². The second kappa shape index (κ2) is 7.04. The Hall–Kier alpha value is -0.0200. The predicted molar refractivity (Wildman–Crippen MR) is 100 cm³/mol. The molecule has 0 aromatic heterocycles. The Labute approximate surface area is 146 Å². The average molecular weight is 417 g/mol. The summed E-state index contributed by atoms with van der Waals surface area (Å²) in [5.41, 5.74) is 2.92. The molecule has 0 amide bonds. The minimum absolute atomic E-state index is 0.444. The van der Waals surface area contributed by atoms with Crippen LogP contribution in [0.5, 0.6) is 0 Å². The van der Waals surface area contributed by atoms with Gasteiger partial charge in [-0.1, -0.05) is 27.2 Å². The minimum atomic E-state index is 0.444. The zero-order valence-electron chi connectivity index (χ0n) is 13.6. The number of nitrogens with one attached hydrogen (secondary N) is 1. The Morgan fingerprint density at radius 3 is 2.19 bits per heavy atom. The summed E-state index contributed by atoms with van der Waals surface area (Å²) in [6, 6.07) is 4.96. The number of anilines is 1. The molecule has 1 aromatic rings. The van der Waals surface area contributed by atoms with Crippen LogP contribution in [-0.2, 0) is 0 Å². The summed E-state index contributed by atoms with van der Waals surface area (Å²) >= 11 is 7.39. The van der Waals surface area contributed by atoms with E-state index < -0.39 is 0 Å². The molecule has 0 spiro atoms. The first kappa shape index (κ1) is 17.3. The van der Waals surface area contributed by atoms with Gasteiger partial charge >= 0.3 is 0 Å². The van der Waals surface area contributed by atoms with Crippen LogP contribution in [0.3, 0.4) is 0 Å². The molecule has 1 N–H and O–H groups in total. The van der Waals surface area contributed by atoms with Crippen molar-refractivity contribution in [2.24, 2.45) is 11.3 Å². The second-order valence-electron chi connectivity index (χ2n) is 7.52. The van der Waals surface area contributed by atoms with Gasteiger partial charge in [-0.3, -0.25) is 0 Å². The third-order valence-electron chi connectivity index (χ3n) is 4.73. The van der Waals surface area contributed by atoms with E-state index in [4.69, 9.17) is 0 Å². The zero-order chi connectivity index (χ0) is 15.6. The molecule has 2 rings (SSSR count). The van der Waals surface area contributed by atoms with E-state index in [1.165, 1.54) is 43.4 Å². The molecule has 0 saturated heterocycles. The van der Waals surface area contributed by atoms with E-state index in [0.29, 0.717) is 11.5 Å². The molecule has 21 heavy (non-hydrogen) atoms. The average Bonchev–Trinajstić information content (AvgIpc) is 2.58. The first-order valence-corrected chi connectivity index (χ1v) is 9.58. The van der Waals surface area contributed by atoms with E-state index in [1.54, 1.807) is 0 Å². The van der Waals surface area contributed by atoms with Crippen molar-refractivity contribution in [2.45, 2.75) is 65.8 Å². The van der Waals surface area contributed by atoms with Crippen molar-refractivity contribution in [2.75, 3.05) is 5.32 Å². The molecule has 1 fully saturated rings. The van der Waals surface area contributed by atoms with Gasteiger partial charge < -0.3 is 5.32 Å². The van der Waals surface area contributed by atoms with Crippen LogP contribution in [0.2, 0.25) is 0 Å². The van der Waals surface area contributed by atoms with Gasteiger partial charge in [-0.05, 0) is 93.5 Å². The summed E-state index contributed by atoms with van der Waals surface area (Å²) < 4.78 is 2.32. The molecule has 0 aliphatic heterocycles.